The van der Waals surface area contributed by atoms with Gasteiger partial charge in [-0.1, -0.05) is 19.0 Å². The number of hydrogen-bond donors (Lipinski definition) is 1. The lowest BCUT2D eigenvalue weighted by Gasteiger charge is -2.09. The summed E-state index contributed by atoms with van der Waals surface area (Å²) in [6, 6.07) is -0.335. The molecule has 1 heterocycles. The van der Waals surface area contributed by atoms with Crippen molar-refractivity contribution >= 4 is 0 Å². The molecule has 1 unspecified atom stereocenters. The van der Waals surface area contributed by atoms with Crippen molar-refractivity contribution in [3.8, 4) is 0 Å². The van der Waals surface area contributed by atoms with Crippen LogP contribution in [-0.2, 0) is 0 Å². The van der Waals surface area contributed by atoms with Crippen molar-refractivity contribution in [2.75, 3.05) is 0 Å². The van der Waals surface area contributed by atoms with Gasteiger partial charge in [-0.15, -0.1) is 0 Å². The van der Waals surface area contributed by atoms with Gasteiger partial charge in [-0.25, -0.2) is 8.78 Å². The van der Waals surface area contributed by atoms with Gasteiger partial charge in [0.25, 0.3) is 0 Å². The van der Waals surface area contributed by atoms with Crippen molar-refractivity contribution in [3.05, 3.63) is 11.7 Å². The lowest BCUT2D eigenvalue weighted by Crippen LogP contribution is -2.17. The van der Waals surface area contributed by atoms with Gasteiger partial charge in [-0.2, -0.15) is 4.98 Å². The van der Waals surface area contributed by atoms with Crippen LogP contribution in [0.4, 0.5) is 8.78 Å². The minimum absolute atomic E-state index is 0.0994. The van der Waals surface area contributed by atoms with Crippen molar-refractivity contribution in [2.24, 2.45) is 11.7 Å². The van der Waals surface area contributed by atoms with Gasteiger partial charge in [0, 0.05) is 18.8 Å². The maximum Gasteiger partial charge on any atom is 0.248 e. The van der Waals surface area contributed by atoms with E-state index in [2.05, 4.69) is 10.1 Å². The molecule has 6 heteroatoms. The van der Waals surface area contributed by atoms with E-state index in [1.165, 1.54) is 0 Å². The molecular weight excluding hydrogens is 228 g/mol. The normalized spacial score (nSPS) is 25.4. The highest BCUT2D eigenvalue weighted by Gasteiger charge is 2.42. The fourth-order valence-corrected chi connectivity index (χ4v) is 2.00. The standard InChI is InChI=1S/C11H17F2N3O/c1-6(2)8(14)10-15-9(16-17-10)7-3-4-11(12,13)5-7/h6-8H,3-5,14H2,1-2H3/t7?,8-/m1/s1. The van der Waals surface area contributed by atoms with Crippen LogP contribution in [0.1, 0.15) is 56.8 Å². The third-order valence-corrected chi connectivity index (χ3v) is 3.23. The Morgan fingerprint density at radius 2 is 2.18 bits per heavy atom. The third kappa shape index (κ3) is 2.62. The van der Waals surface area contributed by atoms with Crippen LogP contribution >= 0.6 is 0 Å². The highest BCUT2D eigenvalue weighted by molar-refractivity contribution is 5.03. The van der Waals surface area contributed by atoms with Crippen molar-refractivity contribution in [2.45, 2.75) is 51.0 Å². The SMILES string of the molecule is CC(C)[C@@H](N)c1nc(C2CCC(F)(F)C2)no1. The number of nitrogens with zero attached hydrogens (tertiary/aromatic N) is 2. The molecule has 2 rings (SSSR count). The number of aromatic nitrogens is 2. The second-order valence-electron chi connectivity index (χ2n) is 5.06. The van der Waals surface area contributed by atoms with E-state index in [0.717, 1.165) is 0 Å². The Balaban J connectivity index is 2.09. The van der Waals surface area contributed by atoms with E-state index in [4.69, 9.17) is 10.3 Å². The Morgan fingerprint density at radius 1 is 1.47 bits per heavy atom. The minimum Gasteiger partial charge on any atom is -0.338 e. The second kappa shape index (κ2) is 4.33. The van der Waals surface area contributed by atoms with Crippen molar-refractivity contribution in [1.82, 2.24) is 10.1 Å². The summed E-state index contributed by atoms with van der Waals surface area (Å²) in [4.78, 5) is 4.14. The zero-order valence-corrected chi connectivity index (χ0v) is 9.99. The van der Waals surface area contributed by atoms with Crippen LogP contribution < -0.4 is 5.73 Å². The quantitative estimate of drug-likeness (QED) is 0.889. The predicted molar refractivity (Wildman–Crippen MR) is 57.6 cm³/mol. The lowest BCUT2D eigenvalue weighted by atomic mass is 10.1. The Bertz CT molecular complexity index is 392. The molecule has 0 spiro atoms. The molecule has 2 atom stereocenters. The average Bonchev–Trinajstić information content (AvgIpc) is 2.82. The second-order valence-corrected chi connectivity index (χ2v) is 5.06. The molecule has 0 aliphatic heterocycles. The van der Waals surface area contributed by atoms with Crippen LogP contribution in [0.15, 0.2) is 4.52 Å². The first-order valence-corrected chi connectivity index (χ1v) is 5.86. The highest BCUT2D eigenvalue weighted by atomic mass is 19.3. The number of nitrogens with two attached hydrogens (primary N) is 1. The van der Waals surface area contributed by atoms with E-state index in [1.54, 1.807) is 0 Å². The van der Waals surface area contributed by atoms with E-state index in [0.29, 0.717) is 18.1 Å². The van der Waals surface area contributed by atoms with Crippen LogP contribution in [-0.4, -0.2) is 16.1 Å². The molecule has 1 saturated carbocycles. The molecule has 96 valence electrons. The summed E-state index contributed by atoms with van der Waals surface area (Å²) in [6.07, 6.45) is 0.115. The molecule has 0 bridgehead atoms. The van der Waals surface area contributed by atoms with E-state index >= 15 is 0 Å². The first kappa shape index (κ1) is 12.4. The highest BCUT2D eigenvalue weighted by Crippen LogP contribution is 2.43. The zero-order chi connectivity index (χ0) is 12.6. The molecule has 0 amide bonds. The molecule has 1 aliphatic carbocycles. The van der Waals surface area contributed by atoms with E-state index in [-0.39, 0.29) is 30.7 Å². The molecule has 1 aromatic rings. The molecule has 2 N–H and O–H groups in total. The van der Waals surface area contributed by atoms with Crippen LogP contribution in [0.5, 0.6) is 0 Å². The largest absolute Gasteiger partial charge is 0.338 e. The molecule has 1 aromatic heterocycles. The predicted octanol–water partition coefficient (Wildman–Crippen LogP) is 2.63. The third-order valence-electron chi connectivity index (χ3n) is 3.23. The lowest BCUT2D eigenvalue weighted by molar-refractivity contribution is 0.00750. The molecular formula is C11H17F2N3O. The number of halogens is 2. The molecule has 0 aromatic carbocycles. The Hall–Kier alpha value is -1.04. The maximum atomic E-state index is 13.1. The summed E-state index contributed by atoms with van der Waals surface area (Å²) in [7, 11) is 0. The van der Waals surface area contributed by atoms with Gasteiger partial charge in [-0.3, -0.25) is 0 Å². The van der Waals surface area contributed by atoms with Crippen LogP contribution in [0.25, 0.3) is 0 Å². The van der Waals surface area contributed by atoms with E-state index < -0.39 is 5.92 Å². The monoisotopic (exact) mass is 245 g/mol. The van der Waals surface area contributed by atoms with Gasteiger partial charge in [0.05, 0.1) is 6.04 Å². The molecule has 1 fully saturated rings. The molecule has 1 aliphatic rings. The van der Waals surface area contributed by atoms with Crippen LogP contribution in [0.3, 0.4) is 0 Å². The Morgan fingerprint density at radius 3 is 2.71 bits per heavy atom. The van der Waals surface area contributed by atoms with E-state index in [1.807, 2.05) is 13.8 Å². The molecule has 4 nitrogen and oxygen atoms in total. The van der Waals surface area contributed by atoms with Gasteiger partial charge in [0.2, 0.25) is 11.8 Å². The van der Waals surface area contributed by atoms with Gasteiger partial charge in [-0.05, 0) is 12.3 Å². The first-order valence-electron chi connectivity index (χ1n) is 5.86. The van der Waals surface area contributed by atoms with Crippen molar-refractivity contribution in [3.63, 3.8) is 0 Å². The fourth-order valence-electron chi connectivity index (χ4n) is 2.00. The maximum absolute atomic E-state index is 13.1. The molecule has 0 radical (unpaired) electrons. The summed E-state index contributed by atoms with van der Waals surface area (Å²) in [6.45, 7) is 3.89. The van der Waals surface area contributed by atoms with Gasteiger partial charge in [0.1, 0.15) is 0 Å². The molecule has 0 saturated heterocycles. The number of alkyl halides is 2. The summed E-state index contributed by atoms with van der Waals surface area (Å²) >= 11 is 0. The number of rotatable bonds is 3. The van der Waals surface area contributed by atoms with Crippen LogP contribution in [0.2, 0.25) is 0 Å². The zero-order valence-electron chi connectivity index (χ0n) is 9.99. The summed E-state index contributed by atoms with van der Waals surface area (Å²) in [5.41, 5.74) is 5.86. The molecule has 17 heavy (non-hydrogen) atoms. The van der Waals surface area contributed by atoms with Crippen molar-refractivity contribution < 1.29 is 13.3 Å². The van der Waals surface area contributed by atoms with Crippen molar-refractivity contribution in [1.29, 1.82) is 0 Å². The Labute approximate surface area is 98.6 Å². The smallest absolute Gasteiger partial charge is 0.248 e. The summed E-state index contributed by atoms with van der Waals surface area (Å²) in [5, 5.41) is 3.77. The summed E-state index contributed by atoms with van der Waals surface area (Å²) in [5.74, 6) is -2.01. The topological polar surface area (TPSA) is 64.9 Å². The van der Waals surface area contributed by atoms with Gasteiger partial charge in [0.15, 0.2) is 5.82 Å². The van der Waals surface area contributed by atoms with Gasteiger partial charge < -0.3 is 10.3 Å². The van der Waals surface area contributed by atoms with E-state index in [9.17, 15) is 8.78 Å². The Kier molecular flexibility index (Phi) is 3.16. The fraction of sp³-hybridized carbons (Fsp3) is 0.818. The summed E-state index contributed by atoms with van der Waals surface area (Å²) < 4.78 is 31.2. The number of hydrogen-bond acceptors (Lipinski definition) is 4. The van der Waals surface area contributed by atoms with Gasteiger partial charge >= 0.3 is 0 Å². The average molecular weight is 245 g/mol. The van der Waals surface area contributed by atoms with Crippen LogP contribution in [0, 0.1) is 5.92 Å². The minimum atomic E-state index is -2.59. The first-order chi connectivity index (χ1) is 7.89.